The van der Waals surface area contributed by atoms with Gasteiger partial charge in [-0.1, -0.05) is 56.3 Å². The van der Waals surface area contributed by atoms with E-state index >= 15 is 0 Å². The fourth-order valence-electron chi connectivity index (χ4n) is 2.53. The van der Waals surface area contributed by atoms with Crippen LogP contribution in [0, 0.1) is 5.92 Å². The SMILES string of the molecule is CC(C)CC[C@@H](O)[C@@H](N)c1ccc(NCc2ccccc2)cc1. The molecule has 0 radical (unpaired) electrons. The van der Waals surface area contributed by atoms with Crippen molar-refractivity contribution < 1.29 is 5.11 Å². The third-order valence-electron chi connectivity index (χ3n) is 4.09. The van der Waals surface area contributed by atoms with E-state index in [-0.39, 0.29) is 6.04 Å². The molecule has 0 fully saturated rings. The van der Waals surface area contributed by atoms with Crippen LogP contribution in [0.4, 0.5) is 5.69 Å². The maximum Gasteiger partial charge on any atom is 0.0732 e. The van der Waals surface area contributed by atoms with Gasteiger partial charge in [-0.25, -0.2) is 0 Å². The summed E-state index contributed by atoms with van der Waals surface area (Å²) in [6.07, 6.45) is 1.25. The second-order valence-corrected chi connectivity index (χ2v) is 6.53. The second-order valence-electron chi connectivity index (χ2n) is 6.53. The Morgan fingerprint density at radius 3 is 2.22 bits per heavy atom. The number of nitrogens with two attached hydrogens (primary N) is 1. The molecule has 23 heavy (non-hydrogen) atoms. The molecule has 0 saturated heterocycles. The lowest BCUT2D eigenvalue weighted by Gasteiger charge is -2.20. The van der Waals surface area contributed by atoms with Crippen molar-refractivity contribution in [2.45, 2.75) is 45.4 Å². The maximum atomic E-state index is 10.2. The van der Waals surface area contributed by atoms with Crippen LogP contribution >= 0.6 is 0 Å². The smallest absolute Gasteiger partial charge is 0.0732 e. The molecule has 0 spiro atoms. The topological polar surface area (TPSA) is 58.3 Å². The maximum absolute atomic E-state index is 10.2. The number of anilines is 1. The molecule has 0 aliphatic carbocycles. The summed E-state index contributed by atoms with van der Waals surface area (Å²) in [6, 6.07) is 18.0. The number of benzene rings is 2. The largest absolute Gasteiger partial charge is 0.391 e. The van der Waals surface area contributed by atoms with Crippen LogP contribution in [0.1, 0.15) is 43.9 Å². The van der Waals surface area contributed by atoms with Crippen LogP contribution < -0.4 is 11.1 Å². The van der Waals surface area contributed by atoms with E-state index in [4.69, 9.17) is 5.73 Å². The summed E-state index contributed by atoms with van der Waals surface area (Å²) in [5, 5.41) is 13.6. The van der Waals surface area contributed by atoms with Gasteiger partial charge in [0, 0.05) is 12.2 Å². The number of hydrogen-bond acceptors (Lipinski definition) is 3. The van der Waals surface area contributed by atoms with E-state index in [1.807, 2.05) is 42.5 Å². The number of rotatable bonds is 8. The molecule has 0 amide bonds. The van der Waals surface area contributed by atoms with Crippen LogP contribution in [-0.2, 0) is 6.54 Å². The first-order valence-electron chi connectivity index (χ1n) is 8.37. The lowest BCUT2D eigenvalue weighted by Crippen LogP contribution is -2.26. The Labute approximate surface area is 139 Å². The highest BCUT2D eigenvalue weighted by molar-refractivity contribution is 5.45. The summed E-state index contributed by atoms with van der Waals surface area (Å²) in [7, 11) is 0. The zero-order valence-corrected chi connectivity index (χ0v) is 14.1. The van der Waals surface area contributed by atoms with Gasteiger partial charge in [0.15, 0.2) is 0 Å². The summed E-state index contributed by atoms with van der Waals surface area (Å²) >= 11 is 0. The Morgan fingerprint density at radius 2 is 1.61 bits per heavy atom. The van der Waals surface area contributed by atoms with Crippen molar-refractivity contribution in [3.8, 4) is 0 Å². The molecular formula is C20H28N2O. The van der Waals surface area contributed by atoms with E-state index < -0.39 is 6.10 Å². The summed E-state index contributed by atoms with van der Waals surface area (Å²) in [6.45, 7) is 5.11. The lowest BCUT2D eigenvalue weighted by atomic mass is 9.96. The van der Waals surface area contributed by atoms with Gasteiger partial charge in [-0.2, -0.15) is 0 Å². The lowest BCUT2D eigenvalue weighted by molar-refractivity contribution is 0.128. The van der Waals surface area contributed by atoms with Crippen LogP contribution in [0.25, 0.3) is 0 Å². The highest BCUT2D eigenvalue weighted by Gasteiger charge is 2.16. The fourth-order valence-corrected chi connectivity index (χ4v) is 2.53. The third-order valence-corrected chi connectivity index (χ3v) is 4.09. The summed E-state index contributed by atoms with van der Waals surface area (Å²) in [4.78, 5) is 0. The minimum absolute atomic E-state index is 0.322. The molecule has 2 aromatic carbocycles. The predicted octanol–water partition coefficient (Wildman–Crippen LogP) is 4.10. The third kappa shape index (κ3) is 5.70. The van der Waals surface area contributed by atoms with Crippen molar-refractivity contribution in [2.75, 3.05) is 5.32 Å². The predicted molar refractivity (Wildman–Crippen MR) is 97.2 cm³/mol. The van der Waals surface area contributed by atoms with Crippen LogP contribution in [-0.4, -0.2) is 11.2 Å². The molecule has 0 aliphatic rings. The molecule has 3 nitrogen and oxygen atoms in total. The molecule has 4 N–H and O–H groups in total. The van der Waals surface area contributed by atoms with E-state index in [9.17, 15) is 5.11 Å². The fraction of sp³-hybridized carbons (Fsp3) is 0.400. The summed E-state index contributed by atoms with van der Waals surface area (Å²) in [5.74, 6) is 0.585. The van der Waals surface area contributed by atoms with Crippen LogP contribution in [0.5, 0.6) is 0 Å². The van der Waals surface area contributed by atoms with Gasteiger partial charge in [-0.3, -0.25) is 0 Å². The van der Waals surface area contributed by atoms with Crippen LogP contribution in [0.15, 0.2) is 54.6 Å². The minimum Gasteiger partial charge on any atom is -0.391 e. The Hall–Kier alpha value is -1.84. The van der Waals surface area contributed by atoms with E-state index in [0.717, 1.165) is 30.6 Å². The first kappa shape index (κ1) is 17.5. The zero-order chi connectivity index (χ0) is 16.7. The van der Waals surface area contributed by atoms with Gasteiger partial charge in [-0.05, 0) is 42.0 Å². The van der Waals surface area contributed by atoms with Gasteiger partial charge in [0.25, 0.3) is 0 Å². The molecule has 2 aromatic rings. The number of aliphatic hydroxyl groups is 1. The molecule has 3 heteroatoms. The van der Waals surface area contributed by atoms with Crippen LogP contribution in [0.3, 0.4) is 0 Å². The monoisotopic (exact) mass is 312 g/mol. The van der Waals surface area contributed by atoms with Gasteiger partial charge in [0.05, 0.1) is 12.1 Å². The molecule has 2 atom stereocenters. The number of aliphatic hydroxyl groups excluding tert-OH is 1. The van der Waals surface area contributed by atoms with Crippen molar-refractivity contribution in [1.29, 1.82) is 0 Å². The Bertz CT molecular complexity index is 566. The molecule has 0 aromatic heterocycles. The first-order valence-corrected chi connectivity index (χ1v) is 8.37. The highest BCUT2D eigenvalue weighted by Crippen LogP contribution is 2.21. The Balaban J connectivity index is 1.88. The quantitative estimate of drug-likeness (QED) is 0.688. The normalized spacial score (nSPS) is 13.8. The van der Waals surface area contributed by atoms with E-state index in [0.29, 0.717) is 5.92 Å². The molecular weight excluding hydrogens is 284 g/mol. The average Bonchev–Trinajstić information content (AvgIpc) is 2.58. The van der Waals surface area contributed by atoms with Gasteiger partial charge >= 0.3 is 0 Å². The van der Waals surface area contributed by atoms with Crippen molar-refractivity contribution in [1.82, 2.24) is 0 Å². The number of nitrogens with one attached hydrogen (secondary N) is 1. The van der Waals surface area contributed by atoms with Gasteiger partial charge in [-0.15, -0.1) is 0 Å². The first-order chi connectivity index (χ1) is 11.1. The molecule has 0 bridgehead atoms. The summed E-state index contributed by atoms with van der Waals surface area (Å²) in [5.41, 5.74) is 9.45. The molecule has 0 unspecified atom stereocenters. The van der Waals surface area contributed by atoms with E-state index in [1.54, 1.807) is 0 Å². The Kier molecular flexibility index (Phi) is 6.63. The number of hydrogen-bond donors (Lipinski definition) is 3. The van der Waals surface area contributed by atoms with Crippen molar-refractivity contribution in [3.05, 3.63) is 65.7 Å². The van der Waals surface area contributed by atoms with Crippen LogP contribution in [0.2, 0.25) is 0 Å². The standard InChI is InChI=1S/C20H28N2O/c1-15(2)8-13-19(23)20(21)17-9-11-18(12-10-17)22-14-16-6-4-3-5-7-16/h3-7,9-12,15,19-20,22-23H,8,13-14,21H2,1-2H3/t19-,20+/m1/s1. The second kappa shape index (κ2) is 8.70. The van der Waals surface area contributed by atoms with Crippen molar-refractivity contribution in [3.63, 3.8) is 0 Å². The Morgan fingerprint density at radius 1 is 0.957 bits per heavy atom. The molecule has 0 saturated carbocycles. The zero-order valence-electron chi connectivity index (χ0n) is 14.1. The molecule has 0 heterocycles. The molecule has 124 valence electrons. The molecule has 0 aliphatic heterocycles. The van der Waals surface area contributed by atoms with Gasteiger partial charge in [0.1, 0.15) is 0 Å². The van der Waals surface area contributed by atoms with Crippen molar-refractivity contribution in [2.24, 2.45) is 11.7 Å². The van der Waals surface area contributed by atoms with Gasteiger partial charge in [0.2, 0.25) is 0 Å². The van der Waals surface area contributed by atoms with Crippen molar-refractivity contribution >= 4 is 5.69 Å². The molecule has 2 rings (SSSR count). The van der Waals surface area contributed by atoms with E-state index in [1.165, 1.54) is 5.56 Å². The highest BCUT2D eigenvalue weighted by atomic mass is 16.3. The van der Waals surface area contributed by atoms with Gasteiger partial charge < -0.3 is 16.2 Å². The average molecular weight is 312 g/mol. The minimum atomic E-state index is -0.486. The van der Waals surface area contributed by atoms with E-state index in [2.05, 4.69) is 31.3 Å². The summed E-state index contributed by atoms with van der Waals surface area (Å²) < 4.78 is 0.